The molecule has 0 radical (unpaired) electrons. The molecule has 0 bridgehead atoms. The second kappa shape index (κ2) is 10.8. The molecule has 0 saturated heterocycles. The lowest BCUT2D eigenvalue weighted by Gasteiger charge is -2.24. The summed E-state index contributed by atoms with van der Waals surface area (Å²) in [6, 6.07) is 9.98. The van der Waals surface area contributed by atoms with Crippen molar-refractivity contribution in [2.75, 3.05) is 0 Å². The third-order valence-electron chi connectivity index (χ3n) is 4.81. The number of nitriles is 1. The number of hydrogen-bond donors (Lipinski definition) is 1. The van der Waals surface area contributed by atoms with Crippen LogP contribution < -0.4 is 0 Å². The van der Waals surface area contributed by atoms with Crippen LogP contribution in [0, 0.1) is 26.9 Å². The van der Waals surface area contributed by atoms with Gasteiger partial charge in [0.05, 0.1) is 26.5 Å². The fourth-order valence-corrected chi connectivity index (χ4v) is 3.34. The number of nitro groups is 1. The van der Waals surface area contributed by atoms with Crippen molar-refractivity contribution < 1.29 is 28.0 Å². The second-order valence-electron chi connectivity index (χ2n) is 7.94. The van der Waals surface area contributed by atoms with E-state index in [1.54, 1.807) is 0 Å². The Labute approximate surface area is 207 Å². The maximum Gasteiger partial charge on any atom is 0.431 e. The molecule has 1 N–H and O–H groups in total. The first kappa shape index (κ1) is 27.8. The lowest BCUT2D eigenvalue weighted by Crippen LogP contribution is -2.31. The maximum atomic E-state index is 13.5. The van der Waals surface area contributed by atoms with E-state index in [2.05, 4.69) is 0 Å². The number of carboxylic acids is 1. The van der Waals surface area contributed by atoms with Crippen molar-refractivity contribution in [3.8, 4) is 17.3 Å². The van der Waals surface area contributed by atoms with Crippen LogP contribution in [0.25, 0.3) is 11.3 Å². The van der Waals surface area contributed by atoms with Crippen LogP contribution in [0.3, 0.4) is 0 Å². The summed E-state index contributed by atoms with van der Waals surface area (Å²) in [5.74, 6) is -1.35. The van der Waals surface area contributed by atoms with Crippen molar-refractivity contribution >= 4 is 34.9 Å². The van der Waals surface area contributed by atoms with E-state index in [4.69, 9.17) is 28.5 Å². The Balaban J connectivity index is 0.000000456. The summed E-state index contributed by atoms with van der Waals surface area (Å²) < 4.78 is 42.9. The molecule has 8 nitrogen and oxygen atoms in total. The highest BCUT2D eigenvalue weighted by atomic mass is 35.5. The molecule has 0 fully saturated rings. The monoisotopic (exact) mass is 530 g/mol. The number of rotatable bonds is 6. The molecule has 1 aromatic carbocycles. The predicted molar refractivity (Wildman–Crippen MR) is 123 cm³/mol. The molecule has 2 aromatic heterocycles. The number of hydrogen-bond acceptors (Lipinski definition) is 4. The average molecular weight is 531 g/mol. The first-order chi connectivity index (χ1) is 16.2. The van der Waals surface area contributed by atoms with Gasteiger partial charge in [0.25, 0.3) is 5.69 Å². The summed E-state index contributed by atoms with van der Waals surface area (Å²) in [7, 11) is 0. The lowest BCUT2D eigenvalue weighted by molar-refractivity contribution is -0.384. The number of aromatic nitrogens is 2. The van der Waals surface area contributed by atoms with Gasteiger partial charge in [0, 0.05) is 30.6 Å². The van der Waals surface area contributed by atoms with Crippen LogP contribution in [-0.4, -0.2) is 25.1 Å². The average Bonchev–Trinajstić information content (AvgIpc) is 3.38. The molecule has 3 rings (SSSR count). The Bertz CT molecular complexity index is 1260. The molecule has 0 spiro atoms. The zero-order chi connectivity index (χ0) is 26.6. The van der Waals surface area contributed by atoms with Crippen LogP contribution in [0.1, 0.15) is 19.5 Å². The van der Waals surface area contributed by atoms with Crippen molar-refractivity contribution in [2.45, 2.75) is 33.1 Å². The summed E-state index contributed by atoms with van der Waals surface area (Å²) in [5, 5.41) is 28.9. The van der Waals surface area contributed by atoms with Gasteiger partial charge in [0.1, 0.15) is 17.9 Å². The topological polar surface area (TPSA) is 114 Å². The Hall–Kier alpha value is -3.49. The summed E-state index contributed by atoms with van der Waals surface area (Å²) in [6.45, 7) is 2.24. The molecule has 13 heteroatoms. The molecular weight excluding hydrogens is 512 g/mol. The van der Waals surface area contributed by atoms with Crippen molar-refractivity contribution in [1.29, 1.82) is 5.26 Å². The molecule has 0 atom stereocenters. The number of aliphatic carboxylic acids is 1. The number of alkyl halides is 3. The molecule has 0 aliphatic heterocycles. The van der Waals surface area contributed by atoms with Crippen molar-refractivity contribution in [2.24, 2.45) is 5.41 Å². The maximum absolute atomic E-state index is 13.5. The van der Waals surface area contributed by atoms with Crippen LogP contribution in [0.2, 0.25) is 10.0 Å². The van der Waals surface area contributed by atoms with Gasteiger partial charge in [-0.3, -0.25) is 14.9 Å². The lowest BCUT2D eigenvalue weighted by atomic mass is 9.93. The number of halogens is 5. The van der Waals surface area contributed by atoms with Gasteiger partial charge in [-0.2, -0.15) is 18.4 Å². The molecular formula is C22H19Cl2F3N4O4. The molecule has 0 aliphatic rings. The van der Waals surface area contributed by atoms with Gasteiger partial charge in [0.15, 0.2) is 0 Å². The van der Waals surface area contributed by atoms with Crippen molar-refractivity contribution in [3.63, 3.8) is 0 Å². The molecule has 0 saturated carbocycles. The second-order valence-corrected chi connectivity index (χ2v) is 8.75. The zero-order valence-electron chi connectivity index (χ0n) is 18.4. The smallest absolute Gasteiger partial charge is 0.431 e. The van der Waals surface area contributed by atoms with Gasteiger partial charge < -0.3 is 14.2 Å². The quantitative estimate of drug-likeness (QED) is 0.288. The zero-order valence-corrected chi connectivity index (χ0v) is 19.9. The van der Waals surface area contributed by atoms with Crippen LogP contribution in [0.4, 0.5) is 18.9 Å². The van der Waals surface area contributed by atoms with Gasteiger partial charge in [-0.25, -0.2) is 0 Å². The summed E-state index contributed by atoms with van der Waals surface area (Å²) in [5.41, 5.74) is -4.17. The van der Waals surface area contributed by atoms with Crippen molar-refractivity contribution in [3.05, 3.63) is 74.6 Å². The van der Waals surface area contributed by atoms with Gasteiger partial charge in [0.2, 0.25) is 0 Å². The minimum Gasteiger partial charge on any atom is -0.481 e. The molecule has 3 aromatic rings. The van der Waals surface area contributed by atoms with E-state index in [-0.39, 0.29) is 15.6 Å². The SMILES string of the molecule is CC(C)(Cn1c(C(F)(F)F)cc([N+](=O)[O-])c1-c1ccc(Cl)c(Cl)c1)C(=O)O.N#CCn1cccc1. The van der Waals surface area contributed by atoms with E-state index in [1.807, 2.05) is 35.2 Å². The van der Waals surface area contributed by atoms with Crippen LogP contribution in [0.15, 0.2) is 48.8 Å². The Morgan fingerprint density at radius 1 is 1.17 bits per heavy atom. The minimum atomic E-state index is -4.94. The normalized spacial score (nSPS) is 11.4. The number of nitrogens with zero attached hydrogens (tertiary/aromatic N) is 4. The van der Waals surface area contributed by atoms with E-state index in [0.29, 0.717) is 17.2 Å². The number of carboxylic acid groups (broad SMARTS) is 1. The molecule has 0 amide bonds. The van der Waals surface area contributed by atoms with Gasteiger partial charge in [-0.05, 0) is 38.1 Å². The Kier molecular flexibility index (Phi) is 8.59. The molecule has 186 valence electrons. The Morgan fingerprint density at radius 2 is 1.77 bits per heavy atom. The van der Waals surface area contributed by atoms with Crippen LogP contribution in [0.5, 0.6) is 0 Å². The van der Waals surface area contributed by atoms with E-state index in [0.717, 1.165) is 0 Å². The fourth-order valence-electron chi connectivity index (χ4n) is 3.04. The number of carbonyl (C=O) groups is 1. The molecule has 35 heavy (non-hydrogen) atoms. The Morgan fingerprint density at radius 3 is 2.23 bits per heavy atom. The third kappa shape index (κ3) is 6.77. The van der Waals surface area contributed by atoms with Gasteiger partial charge >= 0.3 is 12.1 Å². The predicted octanol–water partition coefficient (Wildman–Crippen LogP) is 6.51. The highest BCUT2D eigenvalue weighted by molar-refractivity contribution is 6.42. The molecule has 2 heterocycles. The van der Waals surface area contributed by atoms with Gasteiger partial charge in [-0.1, -0.05) is 29.3 Å². The number of benzene rings is 1. The first-order valence-corrected chi connectivity index (χ1v) is 10.6. The highest BCUT2D eigenvalue weighted by Gasteiger charge is 2.42. The van der Waals surface area contributed by atoms with E-state index >= 15 is 0 Å². The van der Waals surface area contributed by atoms with Crippen LogP contribution >= 0.6 is 23.2 Å². The minimum absolute atomic E-state index is 0.00721. The molecule has 0 aliphatic carbocycles. The summed E-state index contributed by atoms with van der Waals surface area (Å²) >= 11 is 11.7. The van der Waals surface area contributed by atoms with Crippen LogP contribution in [-0.2, 0) is 24.1 Å². The van der Waals surface area contributed by atoms with E-state index in [1.165, 1.54) is 32.0 Å². The third-order valence-corrected chi connectivity index (χ3v) is 5.55. The largest absolute Gasteiger partial charge is 0.481 e. The summed E-state index contributed by atoms with van der Waals surface area (Å²) in [4.78, 5) is 21.8. The van der Waals surface area contributed by atoms with E-state index in [9.17, 15) is 33.2 Å². The van der Waals surface area contributed by atoms with Gasteiger partial charge in [-0.15, -0.1) is 0 Å². The molecule has 0 unspecified atom stereocenters. The fraction of sp³-hybridized carbons (Fsp3) is 0.273. The van der Waals surface area contributed by atoms with Crippen molar-refractivity contribution in [1.82, 2.24) is 9.13 Å². The van der Waals surface area contributed by atoms with E-state index < -0.39 is 46.1 Å². The standard InChI is InChI=1S/C16H13Cl2F3N2O4.C6H6N2/c1-15(2,14(24)25)7-22-12(16(19,20)21)6-11(23(26)27)13(22)8-3-4-9(17)10(18)5-8;7-3-6-8-4-1-2-5-8/h3-6H,7H2,1-2H3,(H,24,25);1-2,4-5H,6H2. The highest BCUT2D eigenvalue weighted by Crippen LogP contribution is 2.43. The summed E-state index contributed by atoms with van der Waals surface area (Å²) in [6.07, 6.45) is -1.21. The first-order valence-electron chi connectivity index (χ1n) is 9.80.